The molecule has 2 atom stereocenters. The second-order valence-electron chi connectivity index (χ2n) is 5.48. The van der Waals surface area contributed by atoms with Crippen LogP contribution in [0, 0.1) is 18.3 Å². The Bertz CT molecular complexity index is 244. The molecule has 92 valence electrons. The summed E-state index contributed by atoms with van der Waals surface area (Å²) in [6, 6.07) is 0. The van der Waals surface area contributed by atoms with Crippen molar-refractivity contribution in [3.63, 3.8) is 0 Å². The SMILES string of the molecule is C#CCN(CCC)CC1(N)CCCC(C)C1. The van der Waals surface area contributed by atoms with Crippen LogP contribution in [0.4, 0.5) is 0 Å². The van der Waals surface area contributed by atoms with Gasteiger partial charge in [-0.1, -0.05) is 32.6 Å². The molecule has 0 saturated heterocycles. The maximum atomic E-state index is 6.50. The Hall–Kier alpha value is -0.520. The second-order valence-corrected chi connectivity index (χ2v) is 5.48. The summed E-state index contributed by atoms with van der Waals surface area (Å²) in [5, 5.41) is 0. The Balaban J connectivity index is 2.51. The van der Waals surface area contributed by atoms with Crippen molar-refractivity contribution in [2.45, 2.75) is 51.5 Å². The lowest BCUT2D eigenvalue weighted by molar-refractivity contribution is 0.160. The van der Waals surface area contributed by atoms with Crippen LogP contribution in [0.1, 0.15) is 46.0 Å². The van der Waals surface area contributed by atoms with Gasteiger partial charge in [0.05, 0.1) is 6.54 Å². The van der Waals surface area contributed by atoms with Crippen LogP contribution in [0.15, 0.2) is 0 Å². The van der Waals surface area contributed by atoms with Gasteiger partial charge in [-0.25, -0.2) is 0 Å². The van der Waals surface area contributed by atoms with Gasteiger partial charge in [-0.3, -0.25) is 4.90 Å². The Labute approximate surface area is 101 Å². The van der Waals surface area contributed by atoms with Gasteiger partial charge in [-0.15, -0.1) is 6.42 Å². The smallest absolute Gasteiger partial charge is 0.0599 e. The van der Waals surface area contributed by atoms with Crippen molar-refractivity contribution < 1.29 is 0 Å². The zero-order valence-electron chi connectivity index (χ0n) is 10.8. The Morgan fingerprint density at radius 3 is 2.88 bits per heavy atom. The Morgan fingerprint density at radius 1 is 1.56 bits per heavy atom. The third-order valence-electron chi connectivity index (χ3n) is 3.52. The van der Waals surface area contributed by atoms with E-state index in [9.17, 15) is 0 Å². The molecule has 2 unspecified atom stereocenters. The summed E-state index contributed by atoms with van der Waals surface area (Å²) in [6.45, 7) is 7.27. The van der Waals surface area contributed by atoms with Crippen LogP contribution >= 0.6 is 0 Å². The molecule has 0 radical (unpaired) electrons. The van der Waals surface area contributed by atoms with Gasteiger partial charge in [0.15, 0.2) is 0 Å². The topological polar surface area (TPSA) is 29.3 Å². The first-order valence-electron chi connectivity index (χ1n) is 6.54. The summed E-state index contributed by atoms with van der Waals surface area (Å²) in [7, 11) is 0. The molecule has 0 spiro atoms. The van der Waals surface area contributed by atoms with Crippen molar-refractivity contribution in [3.8, 4) is 12.3 Å². The quantitative estimate of drug-likeness (QED) is 0.723. The summed E-state index contributed by atoms with van der Waals surface area (Å²) in [4.78, 5) is 2.33. The van der Waals surface area contributed by atoms with E-state index in [1.165, 1.54) is 12.8 Å². The van der Waals surface area contributed by atoms with Crippen molar-refractivity contribution in [1.82, 2.24) is 4.90 Å². The van der Waals surface area contributed by atoms with Crippen molar-refractivity contribution in [2.75, 3.05) is 19.6 Å². The van der Waals surface area contributed by atoms with Crippen LogP contribution in [-0.2, 0) is 0 Å². The van der Waals surface area contributed by atoms with Crippen molar-refractivity contribution in [1.29, 1.82) is 0 Å². The Kier molecular flexibility index (Phi) is 5.31. The maximum absolute atomic E-state index is 6.50. The van der Waals surface area contributed by atoms with Gasteiger partial charge in [0.2, 0.25) is 0 Å². The molecule has 1 saturated carbocycles. The molecular formula is C14H26N2. The Morgan fingerprint density at radius 2 is 2.31 bits per heavy atom. The lowest BCUT2D eigenvalue weighted by atomic mass is 9.77. The van der Waals surface area contributed by atoms with E-state index in [2.05, 4.69) is 24.7 Å². The summed E-state index contributed by atoms with van der Waals surface area (Å²) < 4.78 is 0. The third kappa shape index (κ3) is 4.15. The van der Waals surface area contributed by atoms with Crippen molar-refractivity contribution in [3.05, 3.63) is 0 Å². The highest BCUT2D eigenvalue weighted by molar-refractivity contribution is 4.95. The third-order valence-corrected chi connectivity index (χ3v) is 3.52. The second kappa shape index (κ2) is 6.27. The van der Waals surface area contributed by atoms with Gasteiger partial charge in [0.1, 0.15) is 0 Å². The van der Waals surface area contributed by atoms with Crippen LogP contribution in [0.5, 0.6) is 0 Å². The predicted molar refractivity (Wildman–Crippen MR) is 70.1 cm³/mol. The molecule has 0 aromatic carbocycles. The number of hydrogen-bond acceptors (Lipinski definition) is 2. The summed E-state index contributed by atoms with van der Waals surface area (Å²) in [5.74, 6) is 3.51. The summed E-state index contributed by atoms with van der Waals surface area (Å²) >= 11 is 0. The molecule has 1 rings (SSSR count). The molecule has 2 nitrogen and oxygen atoms in total. The van der Waals surface area contributed by atoms with Crippen LogP contribution in [0.25, 0.3) is 0 Å². The van der Waals surface area contributed by atoms with E-state index >= 15 is 0 Å². The van der Waals surface area contributed by atoms with E-state index in [1.807, 2.05) is 0 Å². The molecule has 0 aromatic rings. The number of terminal acetylenes is 1. The van der Waals surface area contributed by atoms with E-state index in [4.69, 9.17) is 12.2 Å². The zero-order valence-corrected chi connectivity index (χ0v) is 10.8. The first-order valence-corrected chi connectivity index (χ1v) is 6.54. The first-order chi connectivity index (χ1) is 7.59. The molecule has 0 heterocycles. The normalized spacial score (nSPS) is 30.3. The summed E-state index contributed by atoms with van der Waals surface area (Å²) in [5.41, 5.74) is 6.50. The molecule has 0 bridgehead atoms. The first kappa shape index (κ1) is 13.5. The molecule has 0 aliphatic heterocycles. The number of hydrogen-bond donors (Lipinski definition) is 1. The number of nitrogens with zero attached hydrogens (tertiary/aromatic N) is 1. The van der Waals surface area contributed by atoms with Crippen LogP contribution < -0.4 is 5.73 Å². The van der Waals surface area contributed by atoms with Crippen LogP contribution in [-0.4, -0.2) is 30.1 Å². The molecule has 0 aromatic heterocycles. The lowest BCUT2D eigenvalue weighted by Gasteiger charge is -2.40. The number of rotatable bonds is 5. The highest BCUT2D eigenvalue weighted by Crippen LogP contribution is 2.30. The minimum absolute atomic E-state index is 0.00366. The van der Waals surface area contributed by atoms with Crippen LogP contribution in [0.2, 0.25) is 0 Å². The fourth-order valence-electron chi connectivity index (χ4n) is 2.95. The van der Waals surface area contributed by atoms with Gasteiger partial charge in [-0.05, 0) is 31.7 Å². The van der Waals surface area contributed by atoms with E-state index in [0.29, 0.717) is 0 Å². The number of nitrogens with two attached hydrogens (primary N) is 1. The van der Waals surface area contributed by atoms with Crippen LogP contribution in [0.3, 0.4) is 0 Å². The average molecular weight is 222 g/mol. The van der Waals surface area contributed by atoms with Crippen molar-refractivity contribution >= 4 is 0 Å². The van der Waals surface area contributed by atoms with Gasteiger partial charge >= 0.3 is 0 Å². The molecule has 1 fully saturated rings. The van der Waals surface area contributed by atoms with Crippen molar-refractivity contribution in [2.24, 2.45) is 11.7 Å². The monoisotopic (exact) mass is 222 g/mol. The van der Waals surface area contributed by atoms with E-state index in [-0.39, 0.29) is 5.54 Å². The van der Waals surface area contributed by atoms with Gasteiger partial charge in [-0.2, -0.15) is 0 Å². The predicted octanol–water partition coefficient (Wildman–Crippen LogP) is 2.24. The van der Waals surface area contributed by atoms with Gasteiger partial charge in [0, 0.05) is 12.1 Å². The highest BCUT2D eigenvalue weighted by Gasteiger charge is 2.32. The molecule has 1 aliphatic rings. The fraction of sp³-hybridized carbons (Fsp3) is 0.857. The molecule has 0 amide bonds. The average Bonchev–Trinajstić information content (AvgIpc) is 2.17. The van der Waals surface area contributed by atoms with Gasteiger partial charge in [0.25, 0.3) is 0 Å². The summed E-state index contributed by atoms with van der Waals surface area (Å²) in [6.07, 6.45) is 11.5. The molecule has 2 N–H and O–H groups in total. The molecular weight excluding hydrogens is 196 g/mol. The lowest BCUT2D eigenvalue weighted by Crippen LogP contribution is -2.53. The minimum Gasteiger partial charge on any atom is -0.324 e. The fourth-order valence-corrected chi connectivity index (χ4v) is 2.95. The largest absolute Gasteiger partial charge is 0.324 e. The zero-order chi connectivity index (χ0) is 12.0. The highest BCUT2D eigenvalue weighted by atomic mass is 15.1. The van der Waals surface area contributed by atoms with E-state index in [1.54, 1.807) is 0 Å². The molecule has 1 aliphatic carbocycles. The van der Waals surface area contributed by atoms with E-state index < -0.39 is 0 Å². The maximum Gasteiger partial charge on any atom is 0.0599 e. The molecule has 16 heavy (non-hydrogen) atoms. The van der Waals surface area contributed by atoms with Gasteiger partial charge < -0.3 is 5.73 Å². The minimum atomic E-state index is 0.00366. The standard InChI is InChI=1S/C14H26N2/c1-4-9-16(10-5-2)12-14(15)8-6-7-13(3)11-14/h1,13H,5-12,15H2,2-3H3. The van der Waals surface area contributed by atoms with E-state index in [0.717, 1.165) is 44.8 Å². The molecule has 2 heteroatoms.